The molecular weight excluding hydrogens is 310 g/mol. The van der Waals surface area contributed by atoms with E-state index < -0.39 is 0 Å². The van der Waals surface area contributed by atoms with Gasteiger partial charge in [-0.25, -0.2) is 9.97 Å². The summed E-state index contributed by atoms with van der Waals surface area (Å²) in [4.78, 5) is 14.5. The molecule has 0 aromatic carbocycles. The van der Waals surface area contributed by atoms with E-state index >= 15 is 0 Å². The van der Waals surface area contributed by atoms with Crippen LogP contribution in [0, 0.1) is 0 Å². The quantitative estimate of drug-likeness (QED) is 0.786. The zero-order valence-corrected chi connectivity index (χ0v) is 15.9. The van der Waals surface area contributed by atoms with Gasteiger partial charge in [0.1, 0.15) is 11.6 Å². The number of nitrogens with zero attached hydrogens (tertiary/aromatic N) is 4. The normalized spacial score (nSPS) is 18.4. The van der Waals surface area contributed by atoms with E-state index in [9.17, 15) is 0 Å². The van der Waals surface area contributed by atoms with Crippen molar-refractivity contribution in [3.8, 4) is 0 Å². The molecule has 0 radical (unpaired) electrons. The van der Waals surface area contributed by atoms with Gasteiger partial charge in [-0.1, -0.05) is 26.3 Å². The number of aryl methyl sites for hydroxylation is 1. The van der Waals surface area contributed by atoms with Gasteiger partial charge in [0.15, 0.2) is 0 Å². The van der Waals surface area contributed by atoms with Gasteiger partial charge in [-0.3, -0.25) is 0 Å². The van der Waals surface area contributed by atoms with Crippen LogP contribution < -0.4 is 5.73 Å². The monoisotopic (exact) mass is 343 g/mol. The summed E-state index contributed by atoms with van der Waals surface area (Å²) in [6, 6.07) is 0. The third-order valence-electron chi connectivity index (χ3n) is 5.53. The van der Waals surface area contributed by atoms with Crippen LogP contribution in [0.25, 0.3) is 5.57 Å². The number of likely N-dealkylation sites (N-methyl/N-ethyl adjacent to an activating group) is 1. The van der Waals surface area contributed by atoms with E-state index in [-0.39, 0.29) is 0 Å². The largest absolute Gasteiger partial charge is 0.383 e. The molecule has 1 aromatic heterocycles. The van der Waals surface area contributed by atoms with Gasteiger partial charge in [-0.05, 0) is 44.3 Å². The van der Waals surface area contributed by atoms with Crippen LogP contribution in [0.4, 0.5) is 5.82 Å². The van der Waals surface area contributed by atoms with E-state index in [1.54, 1.807) is 0 Å². The number of piperazine rings is 1. The summed E-state index contributed by atoms with van der Waals surface area (Å²) >= 11 is 0. The number of hydrogen-bond acceptors (Lipinski definition) is 5. The molecule has 5 nitrogen and oxygen atoms in total. The molecule has 1 saturated heterocycles. The van der Waals surface area contributed by atoms with Gasteiger partial charge in [-0.2, -0.15) is 0 Å². The number of nitrogens with two attached hydrogens (primary N) is 1. The van der Waals surface area contributed by atoms with Crippen molar-refractivity contribution in [3.63, 3.8) is 0 Å². The molecule has 0 bridgehead atoms. The molecule has 1 aliphatic heterocycles. The van der Waals surface area contributed by atoms with Crippen LogP contribution in [-0.2, 0) is 12.8 Å². The first kappa shape index (κ1) is 18.3. The number of aromatic nitrogens is 2. The van der Waals surface area contributed by atoms with Crippen LogP contribution in [0.1, 0.15) is 56.6 Å². The van der Waals surface area contributed by atoms with Crippen LogP contribution >= 0.6 is 0 Å². The Bertz CT molecular complexity index is 602. The molecule has 3 rings (SSSR count). The van der Waals surface area contributed by atoms with Crippen LogP contribution in [0.3, 0.4) is 0 Å². The molecule has 25 heavy (non-hydrogen) atoms. The van der Waals surface area contributed by atoms with Crippen molar-refractivity contribution in [2.45, 2.75) is 52.4 Å². The van der Waals surface area contributed by atoms with Gasteiger partial charge < -0.3 is 15.5 Å². The predicted molar refractivity (Wildman–Crippen MR) is 105 cm³/mol. The van der Waals surface area contributed by atoms with Gasteiger partial charge in [0.25, 0.3) is 0 Å². The third kappa shape index (κ3) is 4.59. The Hall–Kier alpha value is -1.46. The predicted octanol–water partition coefficient (Wildman–Crippen LogP) is 2.76. The first-order valence-corrected chi connectivity index (χ1v) is 10.0. The van der Waals surface area contributed by atoms with Crippen molar-refractivity contribution in [2.24, 2.45) is 0 Å². The minimum absolute atomic E-state index is 0.693. The second-order valence-electron chi connectivity index (χ2n) is 7.27. The van der Waals surface area contributed by atoms with E-state index in [4.69, 9.17) is 10.7 Å². The van der Waals surface area contributed by atoms with Gasteiger partial charge in [0, 0.05) is 38.2 Å². The summed E-state index contributed by atoms with van der Waals surface area (Å²) in [5.41, 5.74) is 9.84. The first-order chi connectivity index (χ1) is 12.2. The number of nitrogen functional groups attached to an aromatic ring is 1. The zero-order valence-electron chi connectivity index (χ0n) is 15.9. The van der Waals surface area contributed by atoms with Crippen molar-refractivity contribution in [2.75, 3.05) is 45.0 Å². The number of rotatable bonds is 8. The molecular formula is C20H33N5. The first-order valence-electron chi connectivity index (χ1n) is 10.0. The summed E-state index contributed by atoms with van der Waals surface area (Å²) in [6.07, 6.45) is 8.74. The van der Waals surface area contributed by atoms with E-state index in [1.807, 2.05) is 0 Å². The van der Waals surface area contributed by atoms with Crippen LogP contribution in [0.5, 0.6) is 0 Å². The van der Waals surface area contributed by atoms with Crippen molar-refractivity contribution in [1.82, 2.24) is 19.8 Å². The smallest absolute Gasteiger partial charge is 0.131 e. The standard InChI is InChI=1S/C20H33N5/c1-3-5-8-18-22-19-16(9-10-17(19)20(21)23-18)7-6-11-25-14-12-24(4-2)13-15-25/h9H,3-8,10-15H2,1-2H3,(H2,21,22,23). The van der Waals surface area contributed by atoms with Crippen molar-refractivity contribution in [1.29, 1.82) is 0 Å². The van der Waals surface area contributed by atoms with E-state index in [2.05, 4.69) is 34.7 Å². The highest BCUT2D eigenvalue weighted by molar-refractivity contribution is 5.73. The highest BCUT2D eigenvalue weighted by Gasteiger charge is 2.21. The van der Waals surface area contributed by atoms with Crippen molar-refractivity contribution in [3.05, 3.63) is 23.2 Å². The maximum Gasteiger partial charge on any atom is 0.131 e. The fraction of sp³-hybridized carbons (Fsp3) is 0.700. The molecule has 0 unspecified atom stereocenters. The van der Waals surface area contributed by atoms with Gasteiger partial charge >= 0.3 is 0 Å². The summed E-state index contributed by atoms with van der Waals surface area (Å²) in [5, 5.41) is 0. The van der Waals surface area contributed by atoms with E-state index in [0.717, 1.165) is 49.2 Å². The Morgan fingerprint density at radius 2 is 1.76 bits per heavy atom. The summed E-state index contributed by atoms with van der Waals surface area (Å²) in [7, 11) is 0. The number of allylic oxidation sites excluding steroid dienone is 2. The lowest BCUT2D eigenvalue weighted by Crippen LogP contribution is -2.46. The molecule has 0 atom stereocenters. The third-order valence-corrected chi connectivity index (χ3v) is 5.53. The average molecular weight is 344 g/mol. The number of hydrogen-bond donors (Lipinski definition) is 1. The zero-order chi connectivity index (χ0) is 17.6. The Morgan fingerprint density at radius 1 is 1.00 bits per heavy atom. The second-order valence-corrected chi connectivity index (χ2v) is 7.27. The SMILES string of the molecule is CCCCc1nc(N)c2c(n1)C(CCCN1CCN(CC)CC1)=CC2. The number of unbranched alkanes of at least 4 members (excludes halogenated alkanes) is 1. The summed E-state index contributed by atoms with van der Waals surface area (Å²) in [6.45, 7) is 11.7. The van der Waals surface area contributed by atoms with E-state index in [0.29, 0.717) is 5.82 Å². The van der Waals surface area contributed by atoms with Gasteiger partial charge in [0.2, 0.25) is 0 Å². The van der Waals surface area contributed by atoms with Crippen molar-refractivity contribution >= 4 is 11.4 Å². The fourth-order valence-corrected chi connectivity index (χ4v) is 3.83. The molecule has 1 aliphatic carbocycles. The van der Waals surface area contributed by atoms with Gasteiger partial charge in [-0.15, -0.1) is 0 Å². The Labute approximate surface area is 152 Å². The molecule has 0 saturated carbocycles. The molecule has 0 spiro atoms. The minimum atomic E-state index is 0.693. The molecule has 138 valence electrons. The second kappa shape index (κ2) is 8.77. The number of fused-ring (bicyclic) bond motifs is 1. The lowest BCUT2D eigenvalue weighted by Gasteiger charge is -2.34. The Kier molecular flexibility index (Phi) is 6.43. The van der Waals surface area contributed by atoms with Gasteiger partial charge in [0.05, 0.1) is 5.69 Å². The lowest BCUT2D eigenvalue weighted by molar-refractivity contribution is 0.136. The molecule has 2 heterocycles. The minimum Gasteiger partial charge on any atom is -0.383 e. The molecule has 2 aliphatic rings. The lowest BCUT2D eigenvalue weighted by atomic mass is 10.1. The topological polar surface area (TPSA) is 58.3 Å². The number of anilines is 1. The fourth-order valence-electron chi connectivity index (χ4n) is 3.83. The van der Waals surface area contributed by atoms with Crippen molar-refractivity contribution < 1.29 is 0 Å². The molecule has 1 aromatic rings. The van der Waals surface area contributed by atoms with Crippen LogP contribution in [0.15, 0.2) is 6.08 Å². The highest BCUT2D eigenvalue weighted by atomic mass is 15.3. The van der Waals surface area contributed by atoms with Crippen LogP contribution in [0.2, 0.25) is 0 Å². The Morgan fingerprint density at radius 3 is 2.48 bits per heavy atom. The maximum absolute atomic E-state index is 6.18. The Balaban J connectivity index is 1.53. The molecule has 5 heteroatoms. The molecule has 2 N–H and O–H groups in total. The molecule has 0 amide bonds. The maximum atomic E-state index is 6.18. The van der Waals surface area contributed by atoms with Crippen LogP contribution in [-0.4, -0.2) is 59.0 Å². The summed E-state index contributed by atoms with van der Waals surface area (Å²) < 4.78 is 0. The molecule has 1 fully saturated rings. The van der Waals surface area contributed by atoms with E-state index in [1.165, 1.54) is 51.3 Å². The highest BCUT2D eigenvalue weighted by Crippen LogP contribution is 2.32. The average Bonchev–Trinajstić information content (AvgIpc) is 3.04. The summed E-state index contributed by atoms with van der Waals surface area (Å²) in [5.74, 6) is 1.61.